The van der Waals surface area contributed by atoms with E-state index in [4.69, 9.17) is 4.74 Å². The van der Waals surface area contributed by atoms with Gasteiger partial charge in [0, 0.05) is 12.3 Å². The fourth-order valence-electron chi connectivity index (χ4n) is 0.968. The molecule has 0 spiro atoms. The zero-order valence-corrected chi connectivity index (χ0v) is 9.94. The topological polar surface area (TPSA) is 26.3 Å². The Balaban J connectivity index is 2.40. The molecule has 0 bridgehead atoms. The molecule has 0 saturated heterocycles. The summed E-state index contributed by atoms with van der Waals surface area (Å²) in [5, 5.41) is 0. The van der Waals surface area contributed by atoms with Crippen LogP contribution in [0.3, 0.4) is 0 Å². The first kappa shape index (κ1) is 10.3. The number of hydrogen-bond donors (Lipinski definition) is 0. The summed E-state index contributed by atoms with van der Waals surface area (Å²) in [4.78, 5) is 10.5. The van der Waals surface area contributed by atoms with Gasteiger partial charge in [-0.2, -0.15) is 0 Å². The summed E-state index contributed by atoms with van der Waals surface area (Å²) in [6.45, 7) is 1.94. The first-order chi connectivity index (χ1) is 5.54. The lowest BCUT2D eigenvalue weighted by molar-refractivity contribution is -0.142. The summed E-state index contributed by atoms with van der Waals surface area (Å²) in [6.07, 6.45) is 4.25. The van der Waals surface area contributed by atoms with Gasteiger partial charge in [0.15, 0.2) is 0 Å². The van der Waals surface area contributed by atoms with Crippen molar-refractivity contribution in [1.82, 2.24) is 0 Å². The van der Waals surface area contributed by atoms with Gasteiger partial charge in [0.25, 0.3) is 0 Å². The highest BCUT2D eigenvalue weighted by Gasteiger charge is 2.41. The van der Waals surface area contributed by atoms with E-state index < -0.39 is 0 Å². The summed E-state index contributed by atoms with van der Waals surface area (Å²) in [6, 6.07) is 0. The normalized spacial score (nSPS) is 18.2. The third-order valence-electron chi connectivity index (χ3n) is 1.87. The Morgan fingerprint density at radius 2 is 2.17 bits per heavy atom. The van der Waals surface area contributed by atoms with Gasteiger partial charge in [-0.1, -0.05) is 6.08 Å². The van der Waals surface area contributed by atoms with Crippen LogP contribution in [-0.4, -0.2) is 12.6 Å². The van der Waals surface area contributed by atoms with Crippen molar-refractivity contribution in [2.75, 3.05) is 6.61 Å². The van der Waals surface area contributed by atoms with E-state index in [0.717, 1.165) is 16.2 Å². The Morgan fingerprint density at radius 3 is 2.50 bits per heavy atom. The van der Waals surface area contributed by atoms with Crippen molar-refractivity contribution >= 4 is 37.8 Å². The van der Waals surface area contributed by atoms with Crippen LogP contribution in [0.25, 0.3) is 0 Å². The monoisotopic (exact) mass is 296 g/mol. The van der Waals surface area contributed by atoms with Crippen LogP contribution in [0.15, 0.2) is 9.47 Å². The molecule has 1 aliphatic carbocycles. The van der Waals surface area contributed by atoms with E-state index in [1.807, 2.05) is 0 Å². The molecule has 68 valence electrons. The highest BCUT2D eigenvalue weighted by Crippen LogP contribution is 2.49. The van der Waals surface area contributed by atoms with Crippen molar-refractivity contribution in [3.63, 3.8) is 0 Å². The van der Waals surface area contributed by atoms with Gasteiger partial charge in [-0.3, -0.25) is 4.79 Å². The Kier molecular flexibility index (Phi) is 3.35. The molecule has 0 unspecified atom stereocenters. The van der Waals surface area contributed by atoms with Crippen LogP contribution in [0, 0.1) is 5.41 Å². The van der Waals surface area contributed by atoms with Gasteiger partial charge in [0.1, 0.15) is 6.61 Å². The van der Waals surface area contributed by atoms with Gasteiger partial charge < -0.3 is 4.74 Å². The Hall–Kier alpha value is 0.170. The predicted octanol–water partition coefficient (Wildman–Crippen LogP) is 2.96. The van der Waals surface area contributed by atoms with E-state index in [9.17, 15) is 4.79 Å². The molecular formula is C8H10Br2O2. The molecule has 0 N–H and O–H groups in total. The third-order valence-corrected chi connectivity index (χ3v) is 2.33. The number of carbonyl (C=O) groups excluding carboxylic acids is 1. The van der Waals surface area contributed by atoms with Crippen molar-refractivity contribution in [2.24, 2.45) is 5.41 Å². The lowest BCUT2D eigenvalue weighted by Gasteiger charge is -2.09. The molecule has 4 heteroatoms. The fourth-order valence-corrected chi connectivity index (χ4v) is 1.94. The first-order valence-corrected chi connectivity index (χ1v) is 5.30. The molecule has 0 atom stereocenters. The molecular weight excluding hydrogens is 288 g/mol. The highest BCUT2D eigenvalue weighted by molar-refractivity contribution is 9.28. The first-order valence-electron chi connectivity index (χ1n) is 3.71. The fraction of sp³-hybridized carbons (Fsp3) is 0.625. The number of esters is 1. The second-order valence-corrected chi connectivity index (χ2v) is 5.85. The highest BCUT2D eigenvalue weighted by atomic mass is 79.9. The largest absolute Gasteiger partial charge is 0.465 e. The van der Waals surface area contributed by atoms with Crippen molar-refractivity contribution in [1.29, 1.82) is 0 Å². The molecule has 0 amide bonds. The van der Waals surface area contributed by atoms with Gasteiger partial charge in [-0.05, 0) is 44.7 Å². The van der Waals surface area contributed by atoms with Gasteiger partial charge in [0.2, 0.25) is 0 Å². The average Bonchev–Trinajstić information content (AvgIpc) is 2.64. The smallest absolute Gasteiger partial charge is 0.302 e. The molecule has 1 saturated carbocycles. The van der Waals surface area contributed by atoms with Crippen molar-refractivity contribution in [3.05, 3.63) is 9.47 Å². The lowest BCUT2D eigenvalue weighted by atomic mass is 10.1. The minimum Gasteiger partial charge on any atom is -0.465 e. The molecule has 0 aromatic rings. The second-order valence-electron chi connectivity index (χ2n) is 3.08. The maximum Gasteiger partial charge on any atom is 0.302 e. The molecule has 0 aliphatic heterocycles. The van der Waals surface area contributed by atoms with Gasteiger partial charge in [-0.15, -0.1) is 0 Å². The van der Waals surface area contributed by atoms with Crippen LogP contribution in [0.1, 0.15) is 19.8 Å². The quantitative estimate of drug-likeness (QED) is 0.749. The van der Waals surface area contributed by atoms with Crippen LogP contribution < -0.4 is 0 Å². The SMILES string of the molecule is CC(=O)OCC1(C=C(Br)Br)CC1. The molecule has 0 aromatic heterocycles. The van der Waals surface area contributed by atoms with Gasteiger partial charge >= 0.3 is 5.97 Å². The summed E-state index contributed by atoms with van der Waals surface area (Å²) < 4.78 is 5.88. The van der Waals surface area contributed by atoms with Crippen molar-refractivity contribution < 1.29 is 9.53 Å². The van der Waals surface area contributed by atoms with E-state index in [1.165, 1.54) is 6.92 Å². The summed E-state index contributed by atoms with van der Waals surface area (Å²) in [5.41, 5.74) is 0.105. The number of rotatable bonds is 3. The number of halogens is 2. The maximum atomic E-state index is 10.5. The van der Waals surface area contributed by atoms with Crippen LogP contribution in [0.5, 0.6) is 0 Å². The Labute approximate surface area is 88.6 Å². The van der Waals surface area contributed by atoms with Crippen LogP contribution in [0.4, 0.5) is 0 Å². The third kappa shape index (κ3) is 3.27. The average molecular weight is 298 g/mol. The zero-order valence-electron chi connectivity index (χ0n) is 6.77. The Bertz CT molecular complexity index is 215. The molecule has 0 aromatic carbocycles. The van der Waals surface area contributed by atoms with E-state index in [2.05, 4.69) is 37.9 Å². The van der Waals surface area contributed by atoms with Gasteiger partial charge in [0.05, 0.1) is 3.39 Å². The maximum absolute atomic E-state index is 10.5. The molecule has 1 aliphatic rings. The minimum atomic E-state index is -0.208. The minimum absolute atomic E-state index is 0.105. The molecule has 0 radical (unpaired) electrons. The van der Waals surface area contributed by atoms with Gasteiger partial charge in [-0.25, -0.2) is 0 Å². The van der Waals surface area contributed by atoms with Crippen LogP contribution in [0.2, 0.25) is 0 Å². The van der Waals surface area contributed by atoms with Crippen molar-refractivity contribution in [2.45, 2.75) is 19.8 Å². The lowest BCUT2D eigenvalue weighted by Crippen LogP contribution is -2.10. The van der Waals surface area contributed by atoms with E-state index in [0.29, 0.717) is 6.61 Å². The summed E-state index contributed by atoms with van der Waals surface area (Å²) in [7, 11) is 0. The molecule has 1 fully saturated rings. The zero-order chi connectivity index (χ0) is 9.19. The number of hydrogen-bond acceptors (Lipinski definition) is 2. The second kappa shape index (κ2) is 3.92. The molecule has 12 heavy (non-hydrogen) atoms. The summed E-state index contributed by atoms with van der Waals surface area (Å²) in [5.74, 6) is -0.208. The molecule has 1 rings (SSSR count). The number of ether oxygens (including phenoxy) is 1. The Morgan fingerprint density at radius 1 is 1.58 bits per heavy atom. The standard InChI is InChI=1S/C8H10Br2O2/c1-6(11)12-5-8(2-3-8)4-7(9)10/h4H,2-3,5H2,1H3. The van der Waals surface area contributed by atoms with E-state index in [-0.39, 0.29) is 11.4 Å². The number of carbonyl (C=O) groups is 1. The van der Waals surface area contributed by atoms with E-state index in [1.54, 1.807) is 0 Å². The summed E-state index contributed by atoms with van der Waals surface area (Å²) >= 11 is 6.59. The van der Waals surface area contributed by atoms with Crippen LogP contribution >= 0.6 is 31.9 Å². The van der Waals surface area contributed by atoms with Crippen molar-refractivity contribution in [3.8, 4) is 0 Å². The van der Waals surface area contributed by atoms with Crippen LogP contribution in [-0.2, 0) is 9.53 Å². The molecule has 0 heterocycles. The predicted molar refractivity (Wildman–Crippen MR) is 54.2 cm³/mol. The van der Waals surface area contributed by atoms with E-state index >= 15 is 0 Å². The molecule has 2 nitrogen and oxygen atoms in total.